The Kier molecular flexibility index (Phi) is 14.4. The number of carbonyl (C=O) groups is 1. The lowest BCUT2D eigenvalue weighted by Gasteiger charge is -2.26. The van der Waals surface area contributed by atoms with E-state index in [9.17, 15) is 18.7 Å². The van der Waals surface area contributed by atoms with Crippen molar-refractivity contribution in [3.8, 4) is 11.5 Å². The lowest BCUT2D eigenvalue weighted by atomic mass is 9.82. The summed E-state index contributed by atoms with van der Waals surface area (Å²) in [5.74, 6) is -0.285. The van der Waals surface area contributed by atoms with Crippen LogP contribution in [0.5, 0.6) is 11.5 Å². The van der Waals surface area contributed by atoms with Crippen molar-refractivity contribution in [2.45, 2.75) is 72.4 Å². The molecule has 0 aromatic heterocycles. The van der Waals surface area contributed by atoms with Crippen LogP contribution in [0.1, 0.15) is 64.5 Å². The van der Waals surface area contributed by atoms with Gasteiger partial charge in [-0.25, -0.2) is 8.78 Å². The molecule has 0 saturated carbocycles. The third kappa shape index (κ3) is 11.0. The molecule has 224 valence electrons. The SMILES string of the molecule is COCCCOc1cc(C[C@@H](CC[C@@H](O)C[C@H](C(=O)NCc2ccc(F)c(F)c2)C(C)C)C(C)C)ccc1OC. The largest absolute Gasteiger partial charge is 0.493 e. The lowest BCUT2D eigenvalue weighted by Crippen LogP contribution is -2.35. The van der Waals surface area contributed by atoms with Gasteiger partial charge in [-0.05, 0) is 78.8 Å². The van der Waals surface area contributed by atoms with Crippen molar-refractivity contribution < 1.29 is 32.9 Å². The van der Waals surface area contributed by atoms with E-state index in [4.69, 9.17) is 14.2 Å². The van der Waals surface area contributed by atoms with E-state index in [1.807, 2.05) is 26.0 Å². The number of benzene rings is 2. The smallest absolute Gasteiger partial charge is 0.223 e. The number of nitrogens with one attached hydrogen (secondary N) is 1. The van der Waals surface area contributed by atoms with Gasteiger partial charge in [-0.2, -0.15) is 0 Å². The minimum atomic E-state index is -0.942. The van der Waals surface area contributed by atoms with Gasteiger partial charge in [0.2, 0.25) is 5.91 Å². The van der Waals surface area contributed by atoms with Gasteiger partial charge in [-0.1, -0.05) is 39.8 Å². The third-order valence-electron chi connectivity index (χ3n) is 7.41. The van der Waals surface area contributed by atoms with Crippen LogP contribution in [0.15, 0.2) is 36.4 Å². The predicted octanol–water partition coefficient (Wildman–Crippen LogP) is 6.32. The summed E-state index contributed by atoms with van der Waals surface area (Å²) in [6.07, 6.45) is 2.74. The molecule has 2 rings (SSSR count). The molecule has 3 atom stereocenters. The maximum absolute atomic E-state index is 13.5. The quantitative estimate of drug-likeness (QED) is 0.208. The molecule has 0 aliphatic rings. The molecule has 2 aromatic rings. The van der Waals surface area contributed by atoms with Gasteiger partial charge in [0.1, 0.15) is 0 Å². The summed E-state index contributed by atoms with van der Waals surface area (Å²) in [4.78, 5) is 12.9. The Morgan fingerprint density at radius 2 is 1.62 bits per heavy atom. The molecule has 0 unspecified atom stereocenters. The van der Waals surface area contributed by atoms with E-state index in [1.54, 1.807) is 14.2 Å². The zero-order valence-electron chi connectivity index (χ0n) is 24.8. The lowest BCUT2D eigenvalue weighted by molar-refractivity contribution is -0.127. The van der Waals surface area contributed by atoms with E-state index in [0.717, 1.165) is 37.0 Å². The fraction of sp³-hybridized carbons (Fsp3) is 0.594. The first-order valence-electron chi connectivity index (χ1n) is 14.2. The predicted molar refractivity (Wildman–Crippen MR) is 153 cm³/mol. The van der Waals surface area contributed by atoms with Gasteiger partial charge in [-0.3, -0.25) is 4.79 Å². The molecule has 8 heteroatoms. The van der Waals surface area contributed by atoms with Crippen LogP contribution >= 0.6 is 0 Å². The van der Waals surface area contributed by atoms with Crippen molar-refractivity contribution in [2.75, 3.05) is 27.4 Å². The minimum Gasteiger partial charge on any atom is -0.493 e. The normalized spacial score (nSPS) is 13.8. The Balaban J connectivity index is 1.95. The Labute approximate surface area is 238 Å². The fourth-order valence-electron chi connectivity index (χ4n) is 4.79. The molecule has 0 fully saturated rings. The van der Waals surface area contributed by atoms with Crippen molar-refractivity contribution in [2.24, 2.45) is 23.7 Å². The van der Waals surface area contributed by atoms with Crippen LogP contribution in [0.2, 0.25) is 0 Å². The number of hydrogen-bond acceptors (Lipinski definition) is 5. The summed E-state index contributed by atoms with van der Waals surface area (Å²) in [6, 6.07) is 9.60. The standard InChI is InChI=1S/C32H47F2NO5/c1-21(2)25(16-23-9-13-30(39-6)31(18-23)40-15-7-14-38-5)10-11-26(36)19-27(22(3)4)32(37)35-20-24-8-12-28(33)29(34)17-24/h8-9,12-13,17-18,21-22,25-27,36H,7,10-11,14-16,19-20H2,1-6H3,(H,35,37)/t25-,26-,27+/m1/s1. The number of methoxy groups -OCH3 is 2. The molecule has 40 heavy (non-hydrogen) atoms. The molecule has 6 nitrogen and oxygen atoms in total. The summed E-state index contributed by atoms with van der Waals surface area (Å²) in [5, 5.41) is 13.7. The molecule has 1 amide bonds. The second kappa shape index (κ2) is 17.2. The monoisotopic (exact) mass is 563 g/mol. The van der Waals surface area contributed by atoms with Crippen molar-refractivity contribution >= 4 is 5.91 Å². The summed E-state index contributed by atoms with van der Waals surface area (Å²) in [7, 11) is 3.30. The van der Waals surface area contributed by atoms with Crippen molar-refractivity contribution in [3.05, 3.63) is 59.2 Å². The first-order valence-corrected chi connectivity index (χ1v) is 14.2. The van der Waals surface area contributed by atoms with Crippen molar-refractivity contribution in [1.29, 1.82) is 0 Å². The Hall–Kier alpha value is -2.71. The minimum absolute atomic E-state index is 0.0158. The second-order valence-corrected chi connectivity index (χ2v) is 11.2. The number of aliphatic hydroxyl groups excluding tert-OH is 1. The van der Waals surface area contributed by atoms with Gasteiger partial charge in [0, 0.05) is 32.6 Å². The van der Waals surface area contributed by atoms with Gasteiger partial charge < -0.3 is 24.6 Å². The maximum Gasteiger partial charge on any atom is 0.223 e. The van der Waals surface area contributed by atoms with Crippen LogP contribution in [0.25, 0.3) is 0 Å². The number of ether oxygens (including phenoxy) is 3. The van der Waals surface area contributed by atoms with Gasteiger partial charge in [0.15, 0.2) is 23.1 Å². The van der Waals surface area contributed by atoms with Gasteiger partial charge in [0.05, 0.1) is 19.8 Å². The molecule has 0 heterocycles. The molecule has 2 aromatic carbocycles. The molecular formula is C32H47F2NO5. The summed E-state index contributed by atoms with van der Waals surface area (Å²) >= 11 is 0. The Morgan fingerprint density at radius 3 is 2.25 bits per heavy atom. The molecule has 0 bridgehead atoms. The molecule has 0 spiro atoms. The summed E-state index contributed by atoms with van der Waals surface area (Å²) in [5.41, 5.74) is 1.63. The van der Waals surface area contributed by atoms with Crippen LogP contribution < -0.4 is 14.8 Å². The number of amides is 1. The maximum atomic E-state index is 13.5. The van der Waals surface area contributed by atoms with E-state index in [1.165, 1.54) is 6.07 Å². The topological polar surface area (TPSA) is 77.0 Å². The summed E-state index contributed by atoms with van der Waals surface area (Å²) in [6.45, 7) is 9.54. The van der Waals surface area contributed by atoms with Gasteiger partial charge in [-0.15, -0.1) is 0 Å². The highest BCUT2D eigenvalue weighted by Crippen LogP contribution is 2.32. The highest BCUT2D eigenvalue weighted by Gasteiger charge is 2.26. The van der Waals surface area contributed by atoms with E-state index < -0.39 is 23.7 Å². The Bertz CT molecular complexity index is 1050. The molecule has 0 radical (unpaired) electrons. The molecule has 0 saturated heterocycles. The highest BCUT2D eigenvalue weighted by atomic mass is 19.2. The third-order valence-corrected chi connectivity index (χ3v) is 7.41. The van der Waals surface area contributed by atoms with Crippen LogP contribution in [0, 0.1) is 35.3 Å². The van der Waals surface area contributed by atoms with E-state index in [-0.39, 0.29) is 18.4 Å². The van der Waals surface area contributed by atoms with E-state index in [0.29, 0.717) is 55.0 Å². The first-order chi connectivity index (χ1) is 19.0. The van der Waals surface area contributed by atoms with E-state index >= 15 is 0 Å². The highest BCUT2D eigenvalue weighted by molar-refractivity contribution is 5.78. The fourth-order valence-corrected chi connectivity index (χ4v) is 4.79. The molecule has 2 N–H and O–H groups in total. The number of aliphatic hydroxyl groups is 1. The second-order valence-electron chi connectivity index (χ2n) is 11.2. The molecular weight excluding hydrogens is 516 g/mol. The van der Waals surface area contributed by atoms with Crippen LogP contribution in [-0.2, 0) is 22.5 Å². The molecule has 0 aliphatic carbocycles. The van der Waals surface area contributed by atoms with Crippen molar-refractivity contribution in [1.82, 2.24) is 5.32 Å². The Morgan fingerprint density at radius 1 is 0.900 bits per heavy atom. The number of carbonyl (C=O) groups excluding carboxylic acids is 1. The zero-order valence-corrected chi connectivity index (χ0v) is 24.8. The van der Waals surface area contributed by atoms with Crippen LogP contribution in [0.4, 0.5) is 8.78 Å². The average Bonchev–Trinajstić information content (AvgIpc) is 2.92. The van der Waals surface area contributed by atoms with Gasteiger partial charge in [0.25, 0.3) is 0 Å². The number of halogens is 2. The van der Waals surface area contributed by atoms with E-state index in [2.05, 4.69) is 25.2 Å². The van der Waals surface area contributed by atoms with Crippen LogP contribution in [-0.4, -0.2) is 44.6 Å². The summed E-state index contributed by atoms with van der Waals surface area (Å²) < 4.78 is 43.2. The number of hydrogen-bond donors (Lipinski definition) is 2. The average molecular weight is 564 g/mol. The zero-order chi connectivity index (χ0) is 29.7. The number of rotatable bonds is 18. The molecule has 0 aliphatic heterocycles. The van der Waals surface area contributed by atoms with Gasteiger partial charge >= 0.3 is 0 Å². The first kappa shape index (κ1) is 33.5. The van der Waals surface area contributed by atoms with Crippen molar-refractivity contribution in [3.63, 3.8) is 0 Å². The van der Waals surface area contributed by atoms with Crippen LogP contribution in [0.3, 0.4) is 0 Å².